The Hall–Kier alpha value is -1.16. The van der Waals surface area contributed by atoms with Crippen molar-refractivity contribution in [1.29, 1.82) is 0 Å². The average molecular weight is 252 g/mol. The van der Waals surface area contributed by atoms with Gasteiger partial charge in [-0.1, -0.05) is 0 Å². The van der Waals surface area contributed by atoms with Crippen LogP contribution in [0.25, 0.3) is 0 Å². The van der Waals surface area contributed by atoms with Crippen LogP contribution in [0.15, 0.2) is 24.3 Å². The van der Waals surface area contributed by atoms with Crippen molar-refractivity contribution in [2.45, 2.75) is 18.9 Å². The lowest BCUT2D eigenvalue weighted by molar-refractivity contribution is 0.0600. The highest BCUT2D eigenvalue weighted by molar-refractivity contribution is 7.99. The number of thioether (sulfide) groups is 1. The number of hydrogen-bond donors (Lipinski definition) is 0. The molecule has 1 aromatic carbocycles. The summed E-state index contributed by atoms with van der Waals surface area (Å²) >= 11 is 1.98. The van der Waals surface area contributed by atoms with E-state index in [4.69, 9.17) is 4.74 Å². The summed E-state index contributed by atoms with van der Waals surface area (Å²) in [5.41, 5.74) is 0.555. The summed E-state index contributed by atoms with van der Waals surface area (Å²) in [5.74, 6) is 2.86. The second-order valence-corrected chi connectivity index (χ2v) is 5.17. The molecule has 0 aliphatic carbocycles. The highest BCUT2D eigenvalue weighted by Gasteiger charge is 2.15. The van der Waals surface area contributed by atoms with Crippen molar-refractivity contribution in [2.75, 3.05) is 18.6 Å². The van der Waals surface area contributed by atoms with Crippen LogP contribution in [-0.4, -0.2) is 30.7 Å². The monoisotopic (exact) mass is 252 g/mol. The van der Waals surface area contributed by atoms with Crippen molar-refractivity contribution in [1.82, 2.24) is 0 Å². The molecule has 0 amide bonds. The van der Waals surface area contributed by atoms with Gasteiger partial charge in [-0.05, 0) is 48.6 Å². The Morgan fingerprint density at radius 1 is 1.24 bits per heavy atom. The van der Waals surface area contributed by atoms with Crippen LogP contribution in [0.2, 0.25) is 0 Å². The van der Waals surface area contributed by atoms with E-state index in [1.54, 1.807) is 12.1 Å². The number of rotatable bonds is 3. The average Bonchev–Trinajstić information content (AvgIpc) is 2.40. The molecule has 1 aliphatic heterocycles. The first-order valence-electron chi connectivity index (χ1n) is 5.72. The zero-order valence-corrected chi connectivity index (χ0v) is 10.7. The van der Waals surface area contributed by atoms with E-state index in [0.717, 1.165) is 18.6 Å². The minimum Gasteiger partial charge on any atom is -0.490 e. The van der Waals surface area contributed by atoms with Gasteiger partial charge in [0.15, 0.2) is 0 Å². The van der Waals surface area contributed by atoms with E-state index in [1.165, 1.54) is 18.6 Å². The van der Waals surface area contributed by atoms with Crippen LogP contribution in [0, 0.1) is 0 Å². The van der Waals surface area contributed by atoms with Gasteiger partial charge >= 0.3 is 5.97 Å². The third kappa shape index (κ3) is 3.40. The van der Waals surface area contributed by atoms with Gasteiger partial charge in [0.1, 0.15) is 11.9 Å². The molecule has 17 heavy (non-hydrogen) atoms. The van der Waals surface area contributed by atoms with Crippen LogP contribution in [0.1, 0.15) is 23.2 Å². The molecule has 0 atom stereocenters. The normalized spacial score (nSPS) is 16.5. The molecule has 0 saturated carbocycles. The predicted molar refractivity (Wildman–Crippen MR) is 68.8 cm³/mol. The molecule has 1 aliphatic rings. The third-order valence-electron chi connectivity index (χ3n) is 2.75. The fourth-order valence-electron chi connectivity index (χ4n) is 1.77. The molecule has 1 heterocycles. The maximum Gasteiger partial charge on any atom is 0.337 e. The minimum absolute atomic E-state index is 0.314. The van der Waals surface area contributed by atoms with Crippen LogP contribution in [0.4, 0.5) is 0 Å². The summed E-state index contributed by atoms with van der Waals surface area (Å²) in [7, 11) is 1.38. The number of ether oxygens (including phenoxy) is 2. The molecule has 1 fully saturated rings. The van der Waals surface area contributed by atoms with Crippen molar-refractivity contribution < 1.29 is 14.3 Å². The number of esters is 1. The van der Waals surface area contributed by atoms with E-state index in [2.05, 4.69) is 4.74 Å². The number of benzene rings is 1. The van der Waals surface area contributed by atoms with E-state index in [0.29, 0.717) is 11.7 Å². The van der Waals surface area contributed by atoms with Gasteiger partial charge in [0.25, 0.3) is 0 Å². The third-order valence-corrected chi connectivity index (χ3v) is 3.80. The first-order chi connectivity index (χ1) is 8.29. The molecule has 0 bridgehead atoms. The second-order valence-electron chi connectivity index (χ2n) is 3.95. The van der Waals surface area contributed by atoms with Gasteiger partial charge < -0.3 is 9.47 Å². The number of carbonyl (C=O) groups excluding carboxylic acids is 1. The Morgan fingerprint density at radius 2 is 1.88 bits per heavy atom. The van der Waals surface area contributed by atoms with E-state index in [9.17, 15) is 4.79 Å². The standard InChI is InChI=1S/C13H16O3S/c1-15-13(14)10-2-4-11(5-3-10)16-12-6-8-17-9-7-12/h2-5,12H,6-9H2,1H3. The van der Waals surface area contributed by atoms with Crippen LogP contribution in [0.5, 0.6) is 5.75 Å². The van der Waals surface area contributed by atoms with Crippen LogP contribution in [0.3, 0.4) is 0 Å². The van der Waals surface area contributed by atoms with Crippen LogP contribution >= 0.6 is 11.8 Å². The van der Waals surface area contributed by atoms with E-state index in [1.807, 2.05) is 23.9 Å². The number of methoxy groups -OCH3 is 1. The maximum absolute atomic E-state index is 11.2. The minimum atomic E-state index is -0.314. The van der Waals surface area contributed by atoms with E-state index >= 15 is 0 Å². The van der Waals surface area contributed by atoms with Crippen LogP contribution in [-0.2, 0) is 4.74 Å². The van der Waals surface area contributed by atoms with Crippen molar-refractivity contribution in [2.24, 2.45) is 0 Å². The molecular weight excluding hydrogens is 236 g/mol. The van der Waals surface area contributed by atoms with Gasteiger partial charge in [0.05, 0.1) is 12.7 Å². The van der Waals surface area contributed by atoms with Crippen molar-refractivity contribution >= 4 is 17.7 Å². The summed E-state index contributed by atoms with van der Waals surface area (Å²) in [6.07, 6.45) is 2.52. The van der Waals surface area contributed by atoms with Crippen molar-refractivity contribution in [3.05, 3.63) is 29.8 Å². The molecule has 3 nitrogen and oxygen atoms in total. The fourth-order valence-corrected chi connectivity index (χ4v) is 2.84. The molecule has 92 valence electrons. The summed E-state index contributed by atoms with van der Waals surface area (Å²) in [4.78, 5) is 11.2. The quantitative estimate of drug-likeness (QED) is 0.775. The Kier molecular flexibility index (Phi) is 4.31. The first-order valence-corrected chi connectivity index (χ1v) is 6.88. The lowest BCUT2D eigenvalue weighted by Gasteiger charge is -2.22. The maximum atomic E-state index is 11.2. The molecule has 4 heteroatoms. The van der Waals surface area contributed by atoms with Gasteiger partial charge in [-0.3, -0.25) is 0 Å². The Morgan fingerprint density at radius 3 is 2.47 bits per heavy atom. The van der Waals surface area contributed by atoms with Gasteiger partial charge in [0.2, 0.25) is 0 Å². The highest BCUT2D eigenvalue weighted by atomic mass is 32.2. The molecule has 0 aromatic heterocycles. The Labute approximate surface area is 105 Å². The highest BCUT2D eigenvalue weighted by Crippen LogP contribution is 2.22. The molecule has 0 unspecified atom stereocenters. The zero-order valence-electron chi connectivity index (χ0n) is 9.85. The fraction of sp³-hybridized carbons (Fsp3) is 0.462. The predicted octanol–water partition coefficient (Wildman–Crippen LogP) is 2.75. The summed E-state index contributed by atoms with van der Waals surface area (Å²) in [6, 6.07) is 7.12. The van der Waals surface area contributed by atoms with Gasteiger partial charge in [-0.25, -0.2) is 4.79 Å². The molecule has 0 radical (unpaired) electrons. The summed E-state index contributed by atoms with van der Waals surface area (Å²) in [5, 5.41) is 0. The van der Waals surface area contributed by atoms with Gasteiger partial charge in [-0.15, -0.1) is 0 Å². The number of hydrogen-bond acceptors (Lipinski definition) is 4. The van der Waals surface area contributed by atoms with Gasteiger partial charge in [-0.2, -0.15) is 11.8 Å². The topological polar surface area (TPSA) is 35.5 Å². The molecule has 0 N–H and O–H groups in total. The molecule has 2 rings (SSSR count). The second kappa shape index (κ2) is 5.96. The summed E-state index contributed by atoms with van der Waals surface area (Å²) in [6.45, 7) is 0. The van der Waals surface area contributed by atoms with E-state index in [-0.39, 0.29) is 5.97 Å². The smallest absolute Gasteiger partial charge is 0.337 e. The summed E-state index contributed by atoms with van der Waals surface area (Å²) < 4.78 is 10.5. The Balaban J connectivity index is 1.95. The molecule has 0 spiro atoms. The number of carbonyl (C=O) groups is 1. The SMILES string of the molecule is COC(=O)c1ccc(OC2CCSCC2)cc1. The Bertz CT molecular complexity index is 369. The molecular formula is C13H16O3S. The lowest BCUT2D eigenvalue weighted by Crippen LogP contribution is -2.22. The zero-order chi connectivity index (χ0) is 12.1. The first kappa shape index (κ1) is 12.3. The van der Waals surface area contributed by atoms with Crippen molar-refractivity contribution in [3.63, 3.8) is 0 Å². The molecule has 1 saturated heterocycles. The molecule has 1 aromatic rings. The van der Waals surface area contributed by atoms with E-state index < -0.39 is 0 Å². The van der Waals surface area contributed by atoms with Crippen molar-refractivity contribution in [3.8, 4) is 5.75 Å². The largest absolute Gasteiger partial charge is 0.490 e. The lowest BCUT2D eigenvalue weighted by atomic mass is 10.2. The van der Waals surface area contributed by atoms with Gasteiger partial charge in [0, 0.05) is 0 Å². The van der Waals surface area contributed by atoms with Crippen LogP contribution < -0.4 is 4.74 Å².